The third-order valence-electron chi connectivity index (χ3n) is 2.07. The predicted octanol–water partition coefficient (Wildman–Crippen LogP) is -0.476. The van der Waals surface area contributed by atoms with Gasteiger partial charge in [-0.15, -0.1) is 0 Å². The van der Waals surface area contributed by atoms with E-state index in [1.807, 2.05) is 0 Å². The highest BCUT2D eigenvalue weighted by molar-refractivity contribution is 5.99. The van der Waals surface area contributed by atoms with E-state index in [1.165, 1.54) is 0 Å². The molecule has 0 heterocycles. The Morgan fingerprint density at radius 2 is 1.94 bits per heavy atom. The third kappa shape index (κ3) is 3.44. The highest BCUT2D eigenvalue weighted by Crippen LogP contribution is 2.22. The number of carbonyl (C=O) groups excluding carboxylic acids is 2. The highest BCUT2D eigenvalue weighted by atomic mass is 16.6. The van der Waals surface area contributed by atoms with E-state index in [9.17, 15) is 14.7 Å². The zero-order valence-electron chi connectivity index (χ0n) is 9.24. The first kappa shape index (κ1) is 13.9. The van der Waals surface area contributed by atoms with Gasteiger partial charge in [0.05, 0.1) is 0 Å². The van der Waals surface area contributed by atoms with Crippen LogP contribution in [-0.4, -0.2) is 45.1 Å². The number of aromatic hydroxyl groups is 2. The van der Waals surface area contributed by atoms with Gasteiger partial charge in [-0.05, 0) is 18.2 Å². The first-order valence-corrected chi connectivity index (χ1v) is 5.02. The lowest BCUT2D eigenvalue weighted by molar-refractivity contribution is -0.148. The van der Waals surface area contributed by atoms with Crippen LogP contribution in [0.2, 0.25) is 0 Å². The second-order valence-corrected chi connectivity index (χ2v) is 3.44. The monoisotopic (exact) mass is 256 g/mol. The Bertz CT molecular complexity index is 455. The van der Waals surface area contributed by atoms with E-state index in [0.29, 0.717) is 0 Å². The molecular formula is C11H12O7. The summed E-state index contributed by atoms with van der Waals surface area (Å²) in [6.07, 6.45) is -1.89. The summed E-state index contributed by atoms with van der Waals surface area (Å²) in [5, 5.41) is 36.1. The molecule has 7 nitrogen and oxygen atoms in total. The number of aliphatic hydroxyl groups is 2. The molecule has 0 bridgehead atoms. The number of hydrogen-bond donors (Lipinski definition) is 4. The third-order valence-corrected chi connectivity index (χ3v) is 2.07. The van der Waals surface area contributed by atoms with Crippen molar-refractivity contribution < 1.29 is 34.8 Å². The average Bonchev–Trinajstić information content (AvgIpc) is 2.32. The normalized spacial score (nSPS) is 11.9. The van der Waals surface area contributed by atoms with E-state index >= 15 is 0 Å². The number of aliphatic hydroxyl groups excluding tert-OH is 2. The summed E-state index contributed by atoms with van der Waals surface area (Å²) in [4.78, 5) is 22.6. The van der Waals surface area contributed by atoms with E-state index in [-0.39, 0.29) is 12.2 Å². The molecule has 1 unspecified atom stereocenters. The minimum atomic E-state index is -1.63. The van der Waals surface area contributed by atoms with Crippen molar-refractivity contribution in [2.45, 2.75) is 12.5 Å². The Hall–Kier alpha value is -2.12. The molecule has 7 heteroatoms. The molecule has 0 aliphatic rings. The number of esters is 2. The van der Waals surface area contributed by atoms with Crippen LogP contribution in [0.1, 0.15) is 16.8 Å². The maximum atomic E-state index is 11.4. The van der Waals surface area contributed by atoms with Gasteiger partial charge in [0.15, 0.2) is 6.10 Å². The van der Waals surface area contributed by atoms with Crippen LogP contribution in [0.3, 0.4) is 0 Å². The quantitative estimate of drug-likeness (QED) is 0.326. The van der Waals surface area contributed by atoms with Crippen molar-refractivity contribution in [3.8, 4) is 11.5 Å². The standard InChI is InChI=1S/C11H12O7/c12-4-3-9(15)11(17)18-10(16)7-5-6(13)1-2-8(7)14/h1-2,5,9,12-15H,3-4H2. The van der Waals surface area contributed by atoms with Gasteiger partial charge < -0.3 is 25.2 Å². The lowest BCUT2D eigenvalue weighted by Crippen LogP contribution is -2.26. The molecule has 4 N–H and O–H groups in total. The van der Waals surface area contributed by atoms with Crippen LogP contribution in [-0.2, 0) is 9.53 Å². The molecule has 0 spiro atoms. The zero-order valence-corrected chi connectivity index (χ0v) is 9.24. The number of carbonyl (C=O) groups is 2. The summed E-state index contributed by atoms with van der Waals surface area (Å²) in [6.45, 7) is -0.443. The number of ether oxygens (including phenoxy) is 1. The minimum Gasteiger partial charge on any atom is -0.508 e. The molecule has 0 aliphatic carbocycles. The Morgan fingerprint density at radius 3 is 2.56 bits per heavy atom. The van der Waals surface area contributed by atoms with Crippen LogP contribution in [0.15, 0.2) is 18.2 Å². The molecule has 1 aromatic rings. The Kier molecular flexibility index (Phi) is 4.64. The predicted molar refractivity (Wildman–Crippen MR) is 57.9 cm³/mol. The molecule has 0 radical (unpaired) electrons. The second-order valence-electron chi connectivity index (χ2n) is 3.44. The second kappa shape index (κ2) is 5.99. The average molecular weight is 256 g/mol. The maximum absolute atomic E-state index is 11.4. The first-order chi connectivity index (χ1) is 8.45. The van der Waals surface area contributed by atoms with Crippen LogP contribution < -0.4 is 0 Å². The lowest BCUT2D eigenvalue weighted by Gasteiger charge is -2.08. The van der Waals surface area contributed by atoms with Gasteiger partial charge in [-0.3, -0.25) is 0 Å². The molecule has 1 atom stereocenters. The molecule has 18 heavy (non-hydrogen) atoms. The molecule has 0 aromatic heterocycles. The van der Waals surface area contributed by atoms with E-state index in [4.69, 9.17) is 15.3 Å². The van der Waals surface area contributed by atoms with Crippen LogP contribution in [0, 0.1) is 0 Å². The molecule has 0 fully saturated rings. The van der Waals surface area contributed by atoms with Crippen LogP contribution in [0.5, 0.6) is 11.5 Å². The topological polar surface area (TPSA) is 124 Å². The van der Waals surface area contributed by atoms with E-state index in [0.717, 1.165) is 18.2 Å². The van der Waals surface area contributed by atoms with Gasteiger partial charge in [-0.1, -0.05) is 0 Å². The Morgan fingerprint density at radius 1 is 1.28 bits per heavy atom. The van der Waals surface area contributed by atoms with Crippen molar-refractivity contribution in [1.29, 1.82) is 0 Å². The maximum Gasteiger partial charge on any atom is 0.349 e. The van der Waals surface area contributed by atoms with E-state index < -0.39 is 36.0 Å². The van der Waals surface area contributed by atoms with Crippen molar-refractivity contribution in [3.63, 3.8) is 0 Å². The number of hydrogen-bond acceptors (Lipinski definition) is 7. The molecule has 0 amide bonds. The summed E-state index contributed by atoms with van der Waals surface area (Å²) in [5.74, 6) is -3.20. The molecule has 1 rings (SSSR count). The number of benzene rings is 1. The summed E-state index contributed by atoms with van der Waals surface area (Å²) in [7, 11) is 0. The Labute approximate surface area is 102 Å². The largest absolute Gasteiger partial charge is 0.508 e. The fraction of sp³-hybridized carbons (Fsp3) is 0.273. The molecule has 0 saturated heterocycles. The van der Waals surface area contributed by atoms with Crippen molar-refractivity contribution >= 4 is 11.9 Å². The fourth-order valence-corrected chi connectivity index (χ4v) is 1.14. The fourth-order valence-electron chi connectivity index (χ4n) is 1.14. The lowest BCUT2D eigenvalue weighted by atomic mass is 10.2. The summed E-state index contributed by atoms with van der Waals surface area (Å²) >= 11 is 0. The van der Waals surface area contributed by atoms with Crippen molar-refractivity contribution in [1.82, 2.24) is 0 Å². The van der Waals surface area contributed by atoms with Crippen molar-refractivity contribution in [2.75, 3.05) is 6.61 Å². The molecule has 0 aliphatic heterocycles. The molecule has 98 valence electrons. The molecule has 1 aromatic carbocycles. The van der Waals surface area contributed by atoms with Crippen LogP contribution in [0.4, 0.5) is 0 Å². The van der Waals surface area contributed by atoms with Gasteiger partial charge in [0.25, 0.3) is 0 Å². The first-order valence-electron chi connectivity index (χ1n) is 5.02. The Balaban J connectivity index is 2.76. The van der Waals surface area contributed by atoms with Gasteiger partial charge in [0, 0.05) is 13.0 Å². The minimum absolute atomic E-state index is 0.266. The summed E-state index contributed by atoms with van der Waals surface area (Å²) in [5.41, 5.74) is -0.403. The van der Waals surface area contributed by atoms with Gasteiger partial charge in [-0.25, -0.2) is 9.59 Å². The van der Waals surface area contributed by atoms with Gasteiger partial charge >= 0.3 is 11.9 Å². The number of phenols is 2. The SMILES string of the molecule is O=C(OC(=O)C(O)CCO)c1cc(O)ccc1O. The van der Waals surface area contributed by atoms with E-state index in [2.05, 4.69) is 4.74 Å². The van der Waals surface area contributed by atoms with Crippen molar-refractivity contribution in [2.24, 2.45) is 0 Å². The smallest absolute Gasteiger partial charge is 0.349 e. The van der Waals surface area contributed by atoms with Crippen molar-refractivity contribution in [3.05, 3.63) is 23.8 Å². The van der Waals surface area contributed by atoms with Gasteiger partial charge in [0.2, 0.25) is 0 Å². The molecule has 0 saturated carbocycles. The van der Waals surface area contributed by atoms with Gasteiger partial charge in [-0.2, -0.15) is 0 Å². The van der Waals surface area contributed by atoms with Gasteiger partial charge in [0.1, 0.15) is 17.1 Å². The number of phenolic OH excluding ortho intramolecular Hbond substituents is 2. The summed E-state index contributed by atoms with van der Waals surface area (Å²) in [6, 6.07) is 3.12. The number of rotatable bonds is 4. The highest BCUT2D eigenvalue weighted by Gasteiger charge is 2.22. The zero-order chi connectivity index (χ0) is 13.7. The van der Waals surface area contributed by atoms with Crippen LogP contribution in [0.25, 0.3) is 0 Å². The van der Waals surface area contributed by atoms with Crippen LogP contribution >= 0.6 is 0 Å². The molecular weight excluding hydrogens is 244 g/mol. The van der Waals surface area contributed by atoms with E-state index in [1.54, 1.807) is 0 Å². The summed E-state index contributed by atoms with van der Waals surface area (Å²) < 4.78 is 4.28.